The molecule has 0 unspecified atom stereocenters. The molecule has 8 heteroatoms. The minimum Gasteiger partial charge on any atom is -0.381 e. The maximum atomic E-state index is 12.4. The first-order valence-electron chi connectivity index (χ1n) is 10.6. The monoisotopic (exact) mass is 384 g/mol. The number of fused-ring (bicyclic) bond motifs is 1. The van der Waals surface area contributed by atoms with Crippen LogP contribution in [0.15, 0.2) is 12.1 Å². The summed E-state index contributed by atoms with van der Waals surface area (Å²) in [5.41, 5.74) is 0.824. The summed E-state index contributed by atoms with van der Waals surface area (Å²) in [6, 6.07) is 4.34. The van der Waals surface area contributed by atoms with Crippen molar-refractivity contribution in [3.63, 3.8) is 0 Å². The molecule has 0 radical (unpaired) electrons. The van der Waals surface area contributed by atoms with Crippen LogP contribution in [0, 0.1) is 5.92 Å². The zero-order chi connectivity index (χ0) is 18.9. The number of hydrogen-bond acceptors (Lipinski definition) is 6. The molecule has 8 nitrogen and oxygen atoms in total. The van der Waals surface area contributed by atoms with Crippen molar-refractivity contribution in [1.29, 1.82) is 0 Å². The second-order valence-corrected chi connectivity index (χ2v) is 8.38. The first kappa shape index (κ1) is 17.8. The van der Waals surface area contributed by atoms with Crippen LogP contribution >= 0.6 is 0 Å². The van der Waals surface area contributed by atoms with E-state index < -0.39 is 0 Å². The molecule has 0 aromatic carbocycles. The van der Waals surface area contributed by atoms with Crippen LogP contribution in [0.25, 0.3) is 5.65 Å². The third kappa shape index (κ3) is 3.83. The molecule has 3 fully saturated rings. The number of nitrogens with one attached hydrogen (secondary N) is 1. The van der Waals surface area contributed by atoms with Gasteiger partial charge in [-0.1, -0.05) is 0 Å². The lowest BCUT2D eigenvalue weighted by atomic mass is 9.93. The lowest BCUT2D eigenvalue weighted by molar-refractivity contribution is -0.123. The van der Waals surface area contributed by atoms with E-state index in [-0.39, 0.29) is 5.91 Å². The largest absolute Gasteiger partial charge is 0.381 e. The molecule has 4 heterocycles. The zero-order valence-electron chi connectivity index (χ0n) is 16.2. The summed E-state index contributed by atoms with van der Waals surface area (Å²) in [6.45, 7) is 3.40. The van der Waals surface area contributed by atoms with E-state index in [2.05, 4.69) is 20.4 Å². The number of nitrogens with zero attached hydrogens (tertiary/aromatic N) is 5. The van der Waals surface area contributed by atoms with Gasteiger partial charge in [-0.05, 0) is 56.6 Å². The van der Waals surface area contributed by atoms with Crippen molar-refractivity contribution in [2.45, 2.75) is 56.9 Å². The highest BCUT2D eigenvalue weighted by Crippen LogP contribution is 2.38. The van der Waals surface area contributed by atoms with Crippen LogP contribution in [-0.4, -0.2) is 58.1 Å². The Labute approximate surface area is 164 Å². The summed E-state index contributed by atoms with van der Waals surface area (Å²) < 4.78 is 7.28. The number of ether oxygens (including phenoxy) is 1. The van der Waals surface area contributed by atoms with Gasteiger partial charge in [-0.2, -0.15) is 4.52 Å². The molecule has 2 aliphatic heterocycles. The van der Waals surface area contributed by atoms with Crippen molar-refractivity contribution in [2.24, 2.45) is 5.92 Å². The van der Waals surface area contributed by atoms with Crippen LogP contribution in [0.5, 0.6) is 0 Å². The molecule has 1 amide bonds. The Bertz CT molecular complexity index is 834. The van der Waals surface area contributed by atoms with Crippen LogP contribution in [0.4, 0.5) is 5.82 Å². The van der Waals surface area contributed by atoms with Crippen molar-refractivity contribution in [3.8, 4) is 0 Å². The minimum absolute atomic E-state index is 0.198. The zero-order valence-corrected chi connectivity index (χ0v) is 16.2. The molecule has 1 aliphatic carbocycles. The molecule has 3 aliphatic rings. The Kier molecular flexibility index (Phi) is 4.88. The fourth-order valence-electron chi connectivity index (χ4n) is 4.32. The summed E-state index contributed by atoms with van der Waals surface area (Å²) in [5.74, 6) is 3.16. The molecule has 28 heavy (non-hydrogen) atoms. The number of carbonyl (C=O) groups excluding carboxylic acids is 1. The van der Waals surface area contributed by atoms with Crippen LogP contribution < -0.4 is 10.2 Å². The van der Waals surface area contributed by atoms with Gasteiger partial charge in [-0.15, -0.1) is 15.3 Å². The minimum atomic E-state index is 0.198. The van der Waals surface area contributed by atoms with Crippen LogP contribution in [-0.2, 0) is 9.53 Å². The molecular weight excluding hydrogens is 356 g/mol. The lowest BCUT2D eigenvalue weighted by Gasteiger charge is -2.33. The van der Waals surface area contributed by atoms with E-state index in [1.54, 1.807) is 0 Å². The summed E-state index contributed by atoms with van der Waals surface area (Å²) in [4.78, 5) is 14.7. The third-order valence-electron chi connectivity index (χ3n) is 6.21. The van der Waals surface area contributed by atoms with Gasteiger partial charge >= 0.3 is 0 Å². The summed E-state index contributed by atoms with van der Waals surface area (Å²) in [7, 11) is 0. The SMILES string of the molecule is O=C(CC1CCN(c2ccc3nnc(C4CC4)n3n2)CC1)NC1CCOCC1. The maximum absolute atomic E-state index is 12.4. The first-order valence-corrected chi connectivity index (χ1v) is 10.6. The van der Waals surface area contributed by atoms with Crippen LogP contribution in [0.3, 0.4) is 0 Å². The highest BCUT2D eigenvalue weighted by Gasteiger charge is 2.30. The van der Waals surface area contributed by atoms with Crippen molar-refractivity contribution in [2.75, 3.05) is 31.2 Å². The molecule has 0 atom stereocenters. The summed E-state index contributed by atoms with van der Waals surface area (Å²) in [6.07, 6.45) is 6.93. The van der Waals surface area contributed by atoms with Crippen molar-refractivity contribution in [3.05, 3.63) is 18.0 Å². The highest BCUT2D eigenvalue weighted by molar-refractivity contribution is 5.76. The van der Waals surface area contributed by atoms with Crippen LogP contribution in [0.1, 0.15) is 56.7 Å². The van der Waals surface area contributed by atoms with E-state index in [9.17, 15) is 4.79 Å². The van der Waals surface area contributed by atoms with Gasteiger partial charge in [0, 0.05) is 44.7 Å². The number of carbonyl (C=O) groups is 1. The average Bonchev–Trinajstić information content (AvgIpc) is 3.48. The predicted molar refractivity (Wildman–Crippen MR) is 104 cm³/mol. The van der Waals surface area contributed by atoms with Gasteiger partial charge < -0.3 is 15.0 Å². The fraction of sp³-hybridized carbons (Fsp3) is 0.700. The van der Waals surface area contributed by atoms with Gasteiger partial charge in [-0.25, -0.2) is 0 Å². The Balaban J connectivity index is 1.16. The van der Waals surface area contributed by atoms with Crippen molar-refractivity contribution < 1.29 is 9.53 Å². The van der Waals surface area contributed by atoms with E-state index in [1.807, 2.05) is 16.6 Å². The highest BCUT2D eigenvalue weighted by atomic mass is 16.5. The van der Waals surface area contributed by atoms with E-state index in [0.717, 1.165) is 69.3 Å². The predicted octanol–water partition coefficient (Wildman–Crippen LogP) is 1.90. The van der Waals surface area contributed by atoms with Gasteiger partial charge in [0.1, 0.15) is 5.82 Å². The Hall–Kier alpha value is -2.22. The van der Waals surface area contributed by atoms with Gasteiger partial charge in [-0.3, -0.25) is 4.79 Å². The number of amides is 1. The standard InChI is InChI=1S/C20H28N6O2/c27-19(21-16-7-11-28-12-8-16)13-14-5-9-25(10-6-14)18-4-3-17-22-23-20(15-1-2-15)26(17)24-18/h3-4,14-16H,1-2,5-13H2,(H,21,27). The van der Waals surface area contributed by atoms with E-state index in [4.69, 9.17) is 9.84 Å². The van der Waals surface area contributed by atoms with Crippen molar-refractivity contribution in [1.82, 2.24) is 25.1 Å². The third-order valence-corrected chi connectivity index (χ3v) is 6.21. The van der Waals surface area contributed by atoms with Crippen LogP contribution in [0.2, 0.25) is 0 Å². The van der Waals surface area contributed by atoms with Crippen molar-refractivity contribution >= 4 is 17.4 Å². The maximum Gasteiger partial charge on any atom is 0.220 e. The second kappa shape index (κ2) is 7.66. The number of anilines is 1. The van der Waals surface area contributed by atoms with Gasteiger partial charge in [0.15, 0.2) is 11.5 Å². The molecule has 2 saturated heterocycles. The Morgan fingerprint density at radius 3 is 2.61 bits per heavy atom. The van der Waals surface area contributed by atoms with E-state index in [1.165, 1.54) is 12.8 Å². The van der Waals surface area contributed by atoms with Gasteiger partial charge in [0.25, 0.3) is 0 Å². The molecular formula is C20H28N6O2. The summed E-state index contributed by atoms with van der Waals surface area (Å²) >= 11 is 0. The molecule has 5 rings (SSSR count). The Morgan fingerprint density at radius 1 is 1.07 bits per heavy atom. The van der Waals surface area contributed by atoms with E-state index in [0.29, 0.717) is 24.3 Å². The molecule has 1 saturated carbocycles. The molecule has 2 aromatic rings. The van der Waals surface area contributed by atoms with E-state index >= 15 is 0 Å². The van der Waals surface area contributed by atoms with Gasteiger partial charge in [0.05, 0.1) is 0 Å². The molecule has 150 valence electrons. The second-order valence-electron chi connectivity index (χ2n) is 8.38. The molecule has 2 aromatic heterocycles. The molecule has 0 spiro atoms. The average molecular weight is 384 g/mol. The number of hydrogen-bond donors (Lipinski definition) is 1. The normalized spacial score (nSPS) is 21.9. The lowest BCUT2D eigenvalue weighted by Crippen LogP contribution is -2.41. The number of rotatable bonds is 5. The first-order chi connectivity index (χ1) is 13.8. The topological polar surface area (TPSA) is 84.7 Å². The Morgan fingerprint density at radius 2 is 1.86 bits per heavy atom. The number of piperidine rings is 1. The number of aromatic nitrogens is 4. The fourth-order valence-corrected chi connectivity index (χ4v) is 4.32. The summed E-state index contributed by atoms with van der Waals surface area (Å²) in [5, 5.41) is 16.6. The quantitative estimate of drug-likeness (QED) is 0.848. The molecule has 1 N–H and O–H groups in total. The smallest absolute Gasteiger partial charge is 0.220 e. The van der Waals surface area contributed by atoms with Gasteiger partial charge in [0.2, 0.25) is 5.91 Å². The molecule has 0 bridgehead atoms.